The van der Waals surface area contributed by atoms with E-state index in [9.17, 15) is 4.79 Å². The number of likely N-dealkylation sites (tertiary alicyclic amines) is 1. The van der Waals surface area contributed by atoms with Crippen LogP contribution >= 0.6 is 0 Å². The quantitative estimate of drug-likeness (QED) is 0.387. The Morgan fingerprint density at radius 2 is 1.48 bits per heavy atom. The number of hydrogen-bond acceptors (Lipinski definition) is 3. The van der Waals surface area contributed by atoms with Gasteiger partial charge in [-0.25, -0.2) is 4.79 Å². The Balaban J connectivity index is 0.990. The van der Waals surface area contributed by atoms with Gasteiger partial charge in [0.1, 0.15) is 0 Å². The fraction of sp³-hybridized carbons (Fsp3) is 0.971. The number of carbonyl (C=O) groups is 1. The number of urea groups is 1. The number of hydrogen-bond donors (Lipinski definition) is 2. The summed E-state index contributed by atoms with van der Waals surface area (Å²) in [6, 6.07) is 0.775. The maximum atomic E-state index is 12.9. The van der Waals surface area contributed by atoms with Crippen molar-refractivity contribution in [3.05, 3.63) is 0 Å². The van der Waals surface area contributed by atoms with Crippen LogP contribution in [0.15, 0.2) is 0 Å². The first-order valence-electron chi connectivity index (χ1n) is 17.5. The van der Waals surface area contributed by atoms with Gasteiger partial charge in [-0.15, -0.1) is 0 Å². The predicted octanol–water partition coefficient (Wildman–Crippen LogP) is 7.00. The summed E-state index contributed by atoms with van der Waals surface area (Å²) in [6.07, 6.45) is 18.6. The van der Waals surface area contributed by atoms with Crippen molar-refractivity contribution in [2.75, 3.05) is 20.1 Å². The summed E-state index contributed by atoms with van der Waals surface area (Å²) in [4.78, 5) is 15.3. The van der Waals surface area contributed by atoms with Crippen LogP contribution in [0.4, 0.5) is 4.79 Å². The highest BCUT2D eigenvalue weighted by molar-refractivity contribution is 5.74. The lowest BCUT2D eigenvalue weighted by Crippen LogP contribution is -2.57. The second-order valence-corrected chi connectivity index (χ2v) is 16.8. The number of ether oxygens (including phenoxy) is 1. The Kier molecular flexibility index (Phi) is 7.09. The number of amides is 2. The van der Waals surface area contributed by atoms with E-state index in [4.69, 9.17) is 4.74 Å². The Morgan fingerprint density at radius 1 is 0.775 bits per heavy atom. The third kappa shape index (κ3) is 4.40. The van der Waals surface area contributed by atoms with E-state index < -0.39 is 0 Å². The second kappa shape index (κ2) is 10.1. The molecule has 40 heavy (non-hydrogen) atoms. The Morgan fingerprint density at radius 3 is 2.23 bits per heavy atom. The zero-order chi connectivity index (χ0) is 27.9. The van der Waals surface area contributed by atoms with E-state index >= 15 is 0 Å². The largest absolute Gasteiger partial charge is 0.371 e. The Hall–Kier alpha value is -0.810. The fourth-order valence-electron chi connectivity index (χ4n) is 12.6. The molecule has 2 amide bonds. The van der Waals surface area contributed by atoms with Crippen molar-refractivity contribution in [1.29, 1.82) is 0 Å². The summed E-state index contributed by atoms with van der Waals surface area (Å²) in [5, 5.41) is 6.73. The van der Waals surface area contributed by atoms with Crippen LogP contribution in [-0.2, 0) is 4.74 Å². The third-order valence-corrected chi connectivity index (χ3v) is 15.0. The van der Waals surface area contributed by atoms with Gasteiger partial charge in [-0.1, -0.05) is 27.7 Å². The van der Waals surface area contributed by atoms with Crippen LogP contribution in [0.2, 0.25) is 0 Å². The molecule has 0 unspecified atom stereocenters. The summed E-state index contributed by atoms with van der Waals surface area (Å²) < 4.78 is 7.21. The van der Waals surface area contributed by atoms with Crippen molar-refractivity contribution in [3.8, 4) is 0 Å². The monoisotopic (exact) mass is 553 g/mol. The molecule has 0 aromatic rings. The molecule has 5 saturated carbocycles. The average Bonchev–Trinajstić information content (AvgIpc) is 3.37. The van der Waals surface area contributed by atoms with Crippen molar-refractivity contribution in [2.24, 2.45) is 52.3 Å². The molecule has 10 atom stereocenters. The van der Waals surface area contributed by atoms with Gasteiger partial charge in [-0.2, -0.15) is 0 Å². The normalized spacial score (nSPS) is 52.9. The number of carbonyl (C=O) groups excluding carboxylic acids is 1. The lowest BCUT2D eigenvalue weighted by atomic mass is 9.44. The number of rotatable bonds is 2. The first-order chi connectivity index (χ1) is 19.1. The maximum Gasteiger partial charge on any atom is 0.315 e. The molecule has 0 bridgehead atoms. The third-order valence-electron chi connectivity index (χ3n) is 15.0. The van der Waals surface area contributed by atoms with E-state index in [0.717, 1.165) is 73.8 Å². The summed E-state index contributed by atoms with van der Waals surface area (Å²) >= 11 is 0. The molecule has 1 spiro atoms. The molecule has 2 saturated heterocycles. The van der Waals surface area contributed by atoms with Crippen molar-refractivity contribution in [3.63, 3.8) is 0 Å². The predicted molar refractivity (Wildman–Crippen MR) is 161 cm³/mol. The molecule has 0 radical (unpaired) electrons. The molecular weight excluding hydrogens is 494 g/mol. The van der Waals surface area contributed by atoms with Crippen LogP contribution in [0.25, 0.3) is 0 Å². The minimum Gasteiger partial charge on any atom is -0.371 e. The van der Waals surface area contributed by atoms with Crippen LogP contribution in [0.3, 0.4) is 0 Å². The van der Waals surface area contributed by atoms with Crippen LogP contribution in [0.5, 0.6) is 0 Å². The molecule has 7 rings (SSSR count). The molecular formula is C35H59N3O2. The van der Waals surface area contributed by atoms with Gasteiger partial charge in [0.05, 0.1) is 11.7 Å². The SMILES string of the molecule is C[C@H]1[C@H]2[C@H](C[C@H]3[C@@H]4CC[C@@H]5C[C@H](NC(=O)NC6CCN(C)CC6)CC[C@]5(C)[C@H]4CC[C@]23C)O[C@]12CC[C@H](C)CC2. The van der Waals surface area contributed by atoms with E-state index in [0.29, 0.717) is 29.0 Å². The summed E-state index contributed by atoms with van der Waals surface area (Å²) in [7, 11) is 2.18. The first-order valence-corrected chi connectivity index (χ1v) is 17.5. The summed E-state index contributed by atoms with van der Waals surface area (Å²) in [5.41, 5.74) is 1.13. The van der Waals surface area contributed by atoms with Gasteiger partial charge < -0.3 is 20.3 Å². The molecule has 5 nitrogen and oxygen atoms in total. The molecule has 0 aromatic carbocycles. The molecule has 2 heterocycles. The molecule has 2 N–H and O–H groups in total. The molecule has 7 aliphatic rings. The topological polar surface area (TPSA) is 53.6 Å². The minimum atomic E-state index is 0.0853. The number of nitrogens with zero attached hydrogens (tertiary/aromatic N) is 1. The number of nitrogens with one attached hydrogen (secondary N) is 2. The van der Waals surface area contributed by atoms with Gasteiger partial charge >= 0.3 is 6.03 Å². The molecule has 226 valence electrons. The van der Waals surface area contributed by atoms with E-state index in [2.05, 4.69) is 50.3 Å². The van der Waals surface area contributed by atoms with E-state index in [1.165, 1.54) is 70.6 Å². The Labute approximate surface area is 244 Å². The van der Waals surface area contributed by atoms with Crippen molar-refractivity contribution in [1.82, 2.24) is 15.5 Å². The maximum absolute atomic E-state index is 12.9. The molecule has 0 aromatic heterocycles. The first kappa shape index (κ1) is 28.0. The van der Waals surface area contributed by atoms with E-state index in [-0.39, 0.29) is 11.6 Å². The highest BCUT2D eigenvalue weighted by atomic mass is 16.5. The summed E-state index contributed by atoms with van der Waals surface area (Å²) in [5.74, 6) is 5.78. The minimum absolute atomic E-state index is 0.0853. The van der Waals surface area contributed by atoms with Crippen LogP contribution in [0, 0.1) is 52.3 Å². The highest BCUT2D eigenvalue weighted by Crippen LogP contribution is 2.71. The van der Waals surface area contributed by atoms with E-state index in [1.54, 1.807) is 0 Å². The summed E-state index contributed by atoms with van der Waals surface area (Å²) in [6.45, 7) is 12.6. The standard InChI is InChI=1S/C35H59N3O2/c1-22-8-16-35(17-9-22)23(2)31-30(40-35)21-29-27-7-6-24-20-26(37-32(39)36-25-12-18-38(5)19-13-25)10-14-33(24,3)28(27)11-15-34(29,31)4/h22-31H,6-21H2,1-5H3,(H2,36,37,39)/t22-,23-,24+,26+,27+,28-,29-,30-,31-,33-,34-,35-/m0/s1. The van der Waals surface area contributed by atoms with Crippen molar-refractivity contribution >= 4 is 6.03 Å². The van der Waals surface area contributed by atoms with Gasteiger partial charge in [0.2, 0.25) is 0 Å². The highest BCUT2D eigenvalue weighted by Gasteiger charge is 2.68. The van der Waals surface area contributed by atoms with Gasteiger partial charge in [-0.3, -0.25) is 0 Å². The van der Waals surface area contributed by atoms with Crippen LogP contribution < -0.4 is 10.6 Å². The molecule has 7 fully saturated rings. The van der Waals surface area contributed by atoms with Gasteiger partial charge in [-0.05, 0) is 162 Å². The van der Waals surface area contributed by atoms with E-state index in [1.807, 2.05) is 0 Å². The van der Waals surface area contributed by atoms with Gasteiger partial charge in [0, 0.05) is 12.1 Å². The molecule has 5 heteroatoms. The number of fused-ring (bicyclic) bond motifs is 7. The zero-order valence-corrected chi connectivity index (χ0v) is 26.4. The smallest absolute Gasteiger partial charge is 0.315 e. The van der Waals surface area contributed by atoms with Gasteiger partial charge in [0.25, 0.3) is 0 Å². The lowest BCUT2D eigenvalue weighted by molar-refractivity contribution is -0.128. The zero-order valence-electron chi connectivity index (χ0n) is 26.4. The van der Waals surface area contributed by atoms with Crippen LogP contribution in [-0.4, -0.2) is 54.9 Å². The van der Waals surface area contributed by atoms with Crippen molar-refractivity contribution in [2.45, 2.75) is 141 Å². The van der Waals surface area contributed by atoms with Crippen molar-refractivity contribution < 1.29 is 9.53 Å². The lowest BCUT2D eigenvalue weighted by Gasteiger charge is -2.61. The fourth-order valence-corrected chi connectivity index (χ4v) is 12.6. The Bertz CT molecular complexity index is 954. The molecule has 5 aliphatic carbocycles. The number of piperidine rings is 1. The molecule has 2 aliphatic heterocycles. The van der Waals surface area contributed by atoms with Gasteiger partial charge in [0.15, 0.2) is 0 Å². The average molecular weight is 554 g/mol. The van der Waals surface area contributed by atoms with Crippen LogP contribution in [0.1, 0.15) is 118 Å². The second-order valence-electron chi connectivity index (χ2n) is 16.8.